The van der Waals surface area contributed by atoms with E-state index in [2.05, 4.69) is 22.5 Å². The van der Waals surface area contributed by atoms with Gasteiger partial charge in [0.05, 0.1) is 12.2 Å². The van der Waals surface area contributed by atoms with Gasteiger partial charge in [-0.3, -0.25) is 14.6 Å². The Balaban J connectivity index is 1.63. The average molecular weight is 359 g/mol. The van der Waals surface area contributed by atoms with Gasteiger partial charge in [-0.15, -0.1) is 0 Å². The molecule has 2 N–H and O–H groups in total. The highest BCUT2D eigenvalue weighted by atomic mass is 16.2. The molecular weight excluding hydrogens is 338 g/mol. The van der Waals surface area contributed by atoms with E-state index in [-0.39, 0.29) is 11.8 Å². The number of anilines is 1. The van der Waals surface area contributed by atoms with E-state index in [1.807, 2.05) is 30.3 Å². The van der Waals surface area contributed by atoms with Crippen LogP contribution in [0.5, 0.6) is 0 Å². The number of carbonyl (C=O) groups excluding carboxylic acids is 2. The van der Waals surface area contributed by atoms with E-state index in [9.17, 15) is 9.59 Å². The fourth-order valence-corrected chi connectivity index (χ4v) is 2.61. The SMILES string of the molecule is CCc1ccc(C(=O)Nc2cccc(C(=O)NCc3ccccn3)c2)cc1. The zero-order valence-corrected chi connectivity index (χ0v) is 15.1. The van der Waals surface area contributed by atoms with E-state index in [0.29, 0.717) is 23.4 Å². The lowest BCUT2D eigenvalue weighted by Crippen LogP contribution is -2.23. The lowest BCUT2D eigenvalue weighted by atomic mass is 10.1. The van der Waals surface area contributed by atoms with Crippen molar-refractivity contribution < 1.29 is 9.59 Å². The summed E-state index contributed by atoms with van der Waals surface area (Å²) in [6, 6.07) is 19.9. The molecule has 0 saturated carbocycles. The van der Waals surface area contributed by atoms with E-state index in [1.54, 1.807) is 42.6 Å². The number of nitrogens with one attached hydrogen (secondary N) is 2. The molecule has 5 heteroatoms. The van der Waals surface area contributed by atoms with Gasteiger partial charge >= 0.3 is 0 Å². The third-order valence-electron chi connectivity index (χ3n) is 4.16. The standard InChI is InChI=1S/C22H21N3O2/c1-2-16-9-11-17(12-10-16)22(27)25-19-8-5-6-18(14-19)21(26)24-15-20-7-3-4-13-23-20/h3-14H,2,15H2,1H3,(H,24,26)(H,25,27). The van der Waals surface area contributed by atoms with Crippen LogP contribution in [0.15, 0.2) is 72.9 Å². The minimum atomic E-state index is -0.218. The first-order valence-electron chi connectivity index (χ1n) is 8.84. The molecular formula is C22H21N3O2. The van der Waals surface area contributed by atoms with Gasteiger partial charge in [-0.2, -0.15) is 0 Å². The van der Waals surface area contributed by atoms with Crippen molar-refractivity contribution in [2.24, 2.45) is 0 Å². The van der Waals surface area contributed by atoms with Gasteiger partial charge < -0.3 is 10.6 Å². The highest BCUT2D eigenvalue weighted by Gasteiger charge is 2.09. The van der Waals surface area contributed by atoms with Crippen molar-refractivity contribution in [3.05, 3.63) is 95.3 Å². The molecule has 0 spiro atoms. The second kappa shape index (κ2) is 8.76. The van der Waals surface area contributed by atoms with E-state index in [1.165, 1.54) is 5.56 Å². The van der Waals surface area contributed by atoms with Crippen molar-refractivity contribution in [1.29, 1.82) is 0 Å². The summed E-state index contributed by atoms with van der Waals surface area (Å²) in [7, 11) is 0. The summed E-state index contributed by atoms with van der Waals surface area (Å²) >= 11 is 0. The maximum atomic E-state index is 12.4. The summed E-state index contributed by atoms with van der Waals surface area (Å²) in [6.07, 6.45) is 2.61. The van der Waals surface area contributed by atoms with Crippen molar-refractivity contribution in [3.63, 3.8) is 0 Å². The number of carbonyl (C=O) groups is 2. The number of nitrogens with zero attached hydrogens (tertiary/aromatic N) is 1. The predicted molar refractivity (Wildman–Crippen MR) is 106 cm³/mol. The summed E-state index contributed by atoms with van der Waals surface area (Å²) in [5.74, 6) is -0.423. The molecule has 2 amide bonds. The molecule has 0 radical (unpaired) electrons. The fraction of sp³-hybridized carbons (Fsp3) is 0.136. The lowest BCUT2D eigenvalue weighted by molar-refractivity contribution is 0.0949. The molecule has 0 bridgehead atoms. The Hall–Kier alpha value is -3.47. The minimum absolute atomic E-state index is 0.205. The van der Waals surface area contributed by atoms with Crippen LogP contribution in [0.25, 0.3) is 0 Å². The van der Waals surface area contributed by atoms with Crippen molar-refractivity contribution in [2.45, 2.75) is 19.9 Å². The topological polar surface area (TPSA) is 71.1 Å². The van der Waals surface area contributed by atoms with Gasteiger partial charge in [0, 0.05) is 23.0 Å². The molecule has 1 aromatic heterocycles. The fourth-order valence-electron chi connectivity index (χ4n) is 2.61. The average Bonchev–Trinajstić information content (AvgIpc) is 2.73. The zero-order chi connectivity index (χ0) is 19.1. The molecule has 0 saturated heterocycles. The van der Waals surface area contributed by atoms with Crippen LogP contribution >= 0.6 is 0 Å². The lowest BCUT2D eigenvalue weighted by Gasteiger charge is -2.09. The Morgan fingerprint density at radius 2 is 1.70 bits per heavy atom. The van der Waals surface area contributed by atoms with Gasteiger partial charge in [-0.05, 0) is 54.4 Å². The van der Waals surface area contributed by atoms with Gasteiger partial charge in [0.15, 0.2) is 0 Å². The number of aryl methyl sites for hydroxylation is 1. The maximum absolute atomic E-state index is 12.4. The molecule has 136 valence electrons. The summed E-state index contributed by atoms with van der Waals surface area (Å²) in [4.78, 5) is 28.9. The van der Waals surface area contributed by atoms with Crippen LogP contribution in [0, 0.1) is 0 Å². The molecule has 5 nitrogen and oxygen atoms in total. The Morgan fingerprint density at radius 1 is 0.889 bits per heavy atom. The largest absolute Gasteiger partial charge is 0.346 e. The molecule has 0 aliphatic heterocycles. The normalized spacial score (nSPS) is 10.3. The molecule has 0 fully saturated rings. The molecule has 27 heavy (non-hydrogen) atoms. The summed E-state index contributed by atoms with van der Waals surface area (Å²) < 4.78 is 0. The number of benzene rings is 2. The zero-order valence-electron chi connectivity index (χ0n) is 15.1. The summed E-state index contributed by atoms with van der Waals surface area (Å²) in [6.45, 7) is 2.42. The number of rotatable bonds is 6. The molecule has 0 atom stereocenters. The number of hydrogen-bond donors (Lipinski definition) is 2. The quantitative estimate of drug-likeness (QED) is 0.703. The Morgan fingerprint density at radius 3 is 2.41 bits per heavy atom. The molecule has 0 unspecified atom stereocenters. The smallest absolute Gasteiger partial charge is 0.255 e. The number of amides is 2. The molecule has 2 aromatic carbocycles. The first-order chi connectivity index (χ1) is 13.2. The van der Waals surface area contributed by atoms with Gasteiger partial charge in [-0.25, -0.2) is 0 Å². The Bertz CT molecular complexity index is 922. The van der Waals surface area contributed by atoms with Gasteiger partial charge in [0.2, 0.25) is 0 Å². The maximum Gasteiger partial charge on any atom is 0.255 e. The monoisotopic (exact) mass is 359 g/mol. The third kappa shape index (κ3) is 5.01. The number of aromatic nitrogens is 1. The molecule has 0 aliphatic rings. The van der Waals surface area contributed by atoms with Gasteiger partial charge in [0.25, 0.3) is 11.8 Å². The van der Waals surface area contributed by atoms with Crippen LogP contribution < -0.4 is 10.6 Å². The van der Waals surface area contributed by atoms with Gasteiger partial charge in [-0.1, -0.05) is 31.2 Å². The highest BCUT2D eigenvalue weighted by molar-refractivity contribution is 6.05. The van der Waals surface area contributed by atoms with Crippen LogP contribution in [-0.4, -0.2) is 16.8 Å². The van der Waals surface area contributed by atoms with E-state index in [4.69, 9.17) is 0 Å². The van der Waals surface area contributed by atoms with E-state index in [0.717, 1.165) is 12.1 Å². The van der Waals surface area contributed by atoms with Crippen LogP contribution in [0.3, 0.4) is 0 Å². The molecule has 0 aliphatic carbocycles. The van der Waals surface area contributed by atoms with E-state index < -0.39 is 0 Å². The molecule has 1 heterocycles. The van der Waals surface area contributed by atoms with Crippen molar-refractivity contribution in [2.75, 3.05) is 5.32 Å². The van der Waals surface area contributed by atoms with Crippen LogP contribution in [-0.2, 0) is 13.0 Å². The van der Waals surface area contributed by atoms with Crippen molar-refractivity contribution in [3.8, 4) is 0 Å². The van der Waals surface area contributed by atoms with Crippen molar-refractivity contribution >= 4 is 17.5 Å². The minimum Gasteiger partial charge on any atom is -0.346 e. The predicted octanol–water partition coefficient (Wildman–Crippen LogP) is 3.83. The number of pyridine rings is 1. The van der Waals surface area contributed by atoms with Crippen molar-refractivity contribution in [1.82, 2.24) is 10.3 Å². The number of hydrogen-bond acceptors (Lipinski definition) is 3. The third-order valence-corrected chi connectivity index (χ3v) is 4.16. The Kier molecular flexibility index (Phi) is 5.94. The second-order valence-corrected chi connectivity index (χ2v) is 6.09. The van der Waals surface area contributed by atoms with Crippen LogP contribution in [0.1, 0.15) is 38.9 Å². The summed E-state index contributed by atoms with van der Waals surface area (Å²) in [5.41, 5.74) is 3.59. The first kappa shape index (κ1) is 18.3. The highest BCUT2D eigenvalue weighted by Crippen LogP contribution is 2.13. The van der Waals surface area contributed by atoms with Crippen LogP contribution in [0.4, 0.5) is 5.69 Å². The summed E-state index contributed by atoms with van der Waals surface area (Å²) in [5, 5.41) is 5.66. The van der Waals surface area contributed by atoms with E-state index >= 15 is 0 Å². The molecule has 3 aromatic rings. The second-order valence-electron chi connectivity index (χ2n) is 6.09. The Labute approximate surface area is 158 Å². The van der Waals surface area contributed by atoms with Crippen LogP contribution in [0.2, 0.25) is 0 Å². The molecule has 3 rings (SSSR count). The first-order valence-corrected chi connectivity index (χ1v) is 8.84. The van der Waals surface area contributed by atoms with Gasteiger partial charge in [0.1, 0.15) is 0 Å².